The van der Waals surface area contributed by atoms with Gasteiger partial charge in [0, 0.05) is 25.7 Å². The molecule has 5 N–H and O–H groups in total. The summed E-state index contributed by atoms with van der Waals surface area (Å²) in [5, 5.41) is 33.2. The average molecular weight is 525 g/mol. The lowest BCUT2D eigenvalue weighted by atomic mass is 10.1. The molecule has 2 aromatic carbocycles. The molecule has 8 nitrogen and oxygen atoms in total. The summed E-state index contributed by atoms with van der Waals surface area (Å²) in [5.74, 6) is -2.63. The first-order valence-corrected chi connectivity index (χ1v) is 13.0. The van der Waals surface area contributed by atoms with Crippen LogP contribution in [0.25, 0.3) is 21.8 Å². The molecule has 4 aromatic rings. The van der Waals surface area contributed by atoms with Gasteiger partial charge in [-0.15, -0.1) is 0 Å². The topological polar surface area (TPSA) is 107 Å². The second-order valence-electron chi connectivity index (χ2n) is 10.1. The Morgan fingerprint density at radius 1 is 1.00 bits per heavy atom. The van der Waals surface area contributed by atoms with Crippen LogP contribution in [0.5, 0.6) is 0 Å². The van der Waals surface area contributed by atoms with Crippen molar-refractivity contribution in [2.75, 3.05) is 38.5 Å². The third kappa shape index (κ3) is 5.63. The minimum Gasteiger partial charge on any atom is -0.390 e. The maximum Gasteiger partial charge on any atom is 0.272 e. The molecule has 0 aliphatic heterocycles. The first-order valence-electron chi connectivity index (χ1n) is 13.0. The highest BCUT2D eigenvalue weighted by molar-refractivity contribution is 5.87. The molecule has 10 heteroatoms. The largest absolute Gasteiger partial charge is 0.390 e. The Balaban J connectivity index is 1.09. The van der Waals surface area contributed by atoms with E-state index < -0.39 is 37.3 Å². The van der Waals surface area contributed by atoms with E-state index in [1.54, 1.807) is 7.05 Å². The molecule has 0 bridgehead atoms. The average Bonchev–Trinajstić information content (AvgIpc) is 3.47. The quantitative estimate of drug-likeness (QED) is 0.192. The third-order valence-electron chi connectivity index (χ3n) is 7.45. The van der Waals surface area contributed by atoms with Gasteiger partial charge in [0.1, 0.15) is 23.9 Å². The van der Waals surface area contributed by atoms with Crippen molar-refractivity contribution < 1.29 is 19.0 Å². The highest BCUT2D eigenvalue weighted by Crippen LogP contribution is 2.37. The molecule has 1 aliphatic carbocycles. The summed E-state index contributed by atoms with van der Waals surface area (Å²) < 4.78 is 30.8. The number of aliphatic hydroxyl groups is 2. The van der Waals surface area contributed by atoms with Crippen LogP contribution >= 0.6 is 0 Å². The summed E-state index contributed by atoms with van der Waals surface area (Å²) in [6.07, 6.45) is 2.31. The molecule has 0 amide bonds. The monoisotopic (exact) mass is 524 g/mol. The van der Waals surface area contributed by atoms with Gasteiger partial charge in [-0.25, -0.2) is 18.7 Å². The maximum absolute atomic E-state index is 14.5. The number of aliphatic hydroxyl groups excluding tert-OH is 2. The van der Waals surface area contributed by atoms with Crippen molar-refractivity contribution in [1.29, 1.82) is 0 Å². The predicted molar refractivity (Wildman–Crippen MR) is 145 cm³/mol. The van der Waals surface area contributed by atoms with E-state index in [0.29, 0.717) is 30.9 Å². The fourth-order valence-corrected chi connectivity index (χ4v) is 5.42. The highest BCUT2D eigenvalue weighted by Gasteiger charge is 2.43. The summed E-state index contributed by atoms with van der Waals surface area (Å²) in [5.41, 5.74) is 1.75. The number of hydrogen-bond donors (Lipinski definition) is 5. The van der Waals surface area contributed by atoms with E-state index >= 15 is 0 Å². The van der Waals surface area contributed by atoms with Gasteiger partial charge in [0.05, 0.1) is 30.6 Å². The molecule has 2 heterocycles. The molecule has 0 radical (unpaired) electrons. The van der Waals surface area contributed by atoms with Gasteiger partial charge in [-0.3, -0.25) is 0 Å². The standard InChI is InChI=1S/C28H34F2N6O2/c1-31-26-22-9-11-36(27(22)35-17-34-26)23-13-21(24(37)25(23)38)14-33-16-28(29,30)15-32-10-8-18-6-7-19-4-2-3-5-20(19)12-18/h2-7,9,11-12,17,21,23-25,32-33,37-38H,8,10,13-16H2,1H3,(H,31,34,35)/t21-,23?,24-,25+/m1/s1. The van der Waals surface area contributed by atoms with Gasteiger partial charge in [0.25, 0.3) is 5.92 Å². The number of fused-ring (bicyclic) bond motifs is 2. The summed E-state index contributed by atoms with van der Waals surface area (Å²) in [6, 6.07) is 15.7. The normalized spacial score (nSPS) is 21.9. The molecular weight excluding hydrogens is 490 g/mol. The number of rotatable bonds is 11. The van der Waals surface area contributed by atoms with Crippen molar-refractivity contribution in [2.45, 2.75) is 37.0 Å². The minimum atomic E-state index is -2.94. The van der Waals surface area contributed by atoms with Crippen molar-refractivity contribution in [3.8, 4) is 0 Å². The Hall–Kier alpha value is -3.18. The molecule has 5 rings (SSSR count). The molecule has 2 aromatic heterocycles. The SMILES string of the molecule is CNc1ncnc2c1ccn2C1C[C@H](CNCC(F)(F)CNCCc2ccc3ccccc3c2)[C@@H](O)[C@H]1O. The van der Waals surface area contributed by atoms with E-state index in [-0.39, 0.29) is 12.5 Å². The molecule has 1 fully saturated rings. The number of benzene rings is 2. The maximum atomic E-state index is 14.5. The van der Waals surface area contributed by atoms with Crippen LogP contribution in [-0.4, -0.2) is 76.1 Å². The molecule has 1 saturated carbocycles. The van der Waals surface area contributed by atoms with E-state index in [2.05, 4.69) is 32.0 Å². The first kappa shape index (κ1) is 26.4. The number of halogens is 2. The molecule has 38 heavy (non-hydrogen) atoms. The molecular formula is C28H34F2N6O2. The molecule has 202 valence electrons. The fraction of sp³-hybridized carbons (Fsp3) is 0.429. The summed E-state index contributed by atoms with van der Waals surface area (Å²) in [4.78, 5) is 8.54. The fourth-order valence-electron chi connectivity index (χ4n) is 5.42. The van der Waals surface area contributed by atoms with Gasteiger partial charge < -0.3 is 30.7 Å². The van der Waals surface area contributed by atoms with Crippen molar-refractivity contribution in [3.05, 3.63) is 66.6 Å². The number of hydrogen-bond acceptors (Lipinski definition) is 7. The van der Waals surface area contributed by atoms with Gasteiger partial charge in [-0.1, -0.05) is 42.5 Å². The number of alkyl halides is 2. The van der Waals surface area contributed by atoms with Crippen molar-refractivity contribution in [1.82, 2.24) is 25.2 Å². The van der Waals surface area contributed by atoms with Gasteiger partial charge in [-0.05, 0) is 41.8 Å². The van der Waals surface area contributed by atoms with Crippen molar-refractivity contribution >= 4 is 27.6 Å². The lowest BCUT2D eigenvalue weighted by Gasteiger charge is -2.21. The van der Waals surface area contributed by atoms with Crippen LogP contribution in [0.2, 0.25) is 0 Å². The van der Waals surface area contributed by atoms with Crippen LogP contribution in [0.4, 0.5) is 14.6 Å². The molecule has 4 atom stereocenters. The van der Waals surface area contributed by atoms with Gasteiger partial charge >= 0.3 is 0 Å². The van der Waals surface area contributed by atoms with Gasteiger partial charge in [-0.2, -0.15) is 0 Å². The molecule has 0 saturated heterocycles. The third-order valence-corrected chi connectivity index (χ3v) is 7.45. The van der Waals surface area contributed by atoms with Crippen LogP contribution in [0.1, 0.15) is 18.0 Å². The second-order valence-corrected chi connectivity index (χ2v) is 10.1. The number of nitrogens with one attached hydrogen (secondary N) is 3. The van der Waals surface area contributed by atoms with Gasteiger partial charge in [0.15, 0.2) is 0 Å². The first-order chi connectivity index (χ1) is 18.4. The summed E-state index contributed by atoms with van der Waals surface area (Å²) in [6.45, 7) is -0.315. The van der Waals surface area contributed by atoms with E-state index in [1.807, 2.05) is 53.2 Å². The Kier molecular flexibility index (Phi) is 7.85. The van der Waals surface area contributed by atoms with Crippen LogP contribution in [0, 0.1) is 5.92 Å². The second kappa shape index (κ2) is 11.3. The van der Waals surface area contributed by atoms with Crippen LogP contribution in [0.3, 0.4) is 0 Å². The van der Waals surface area contributed by atoms with E-state index in [4.69, 9.17) is 0 Å². The number of aromatic nitrogens is 3. The van der Waals surface area contributed by atoms with Crippen molar-refractivity contribution in [2.24, 2.45) is 5.92 Å². The smallest absolute Gasteiger partial charge is 0.272 e. The van der Waals surface area contributed by atoms with Crippen LogP contribution in [-0.2, 0) is 6.42 Å². The lowest BCUT2D eigenvalue weighted by molar-refractivity contribution is -0.00603. The summed E-state index contributed by atoms with van der Waals surface area (Å²) >= 11 is 0. The van der Waals surface area contributed by atoms with Gasteiger partial charge in [0.2, 0.25) is 0 Å². The van der Waals surface area contributed by atoms with Crippen molar-refractivity contribution in [3.63, 3.8) is 0 Å². The Morgan fingerprint density at radius 3 is 2.61 bits per heavy atom. The minimum absolute atomic E-state index is 0.178. The van der Waals surface area contributed by atoms with Crippen LogP contribution < -0.4 is 16.0 Å². The van der Waals surface area contributed by atoms with E-state index in [1.165, 1.54) is 6.33 Å². The molecule has 0 spiro atoms. The van der Waals surface area contributed by atoms with Crippen LogP contribution in [0.15, 0.2) is 61.1 Å². The lowest BCUT2D eigenvalue weighted by Crippen LogP contribution is -2.44. The number of anilines is 1. The molecule has 1 unspecified atom stereocenters. The Bertz CT molecular complexity index is 1380. The zero-order chi connectivity index (χ0) is 26.7. The predicted octanol–water partition coefficient (Wildman–Crippen LogP) is 2.97. The number of nitrogens with zero attached hydrogens (tertiary/aromatic N) is 3. The highest BCUT2D eigenvalue weighted by atomic mass is 19.3. The Labute approximate surface area is 220 Å². The molecule has 1 aliphatic rings. The zero-order valence-electron chi connectivity index (χ0n) is 21.3. The van der Waals surface area contributed by atoms with E-state index in [0.717, 1.165) is 21.7 Å². The Morgan fingerprint density at radius 2 is 1.79 bits per heavy atom. The zero-order valence-corrected chi connectivity index (χ0v) is 21.3. The summed E-state index contributed by atoms with van der Waals surface area (Å²) in [7, 11) is 1.77. The van der Waals surface area contributed by atoms with E-state index in [9.17, 15) is 19.0 Å².